The predicted octanol–water partition coefficient (Wildman–Crippen LogP) is -3.71. The molecule has 1 aromatic rings. The number of rotatable bonds is 4. The Morgan fingerprint density at radius 3 is 2.17 bits per heavy atom. The first-order valence-electron chi connectivity index (χ1n) is 14.1. The molecular weight excluding hydrogens is 544 g/mol. The molecule has 228 valence electrons. The molecule has 3 amide bonds. The number of hydrogen-bond acceptors (Lipinski definition) is 10. The largest absolute Gasteiger partial charge is 0.507 e. The van der Waals surface area contributed by atoms with Gasteiger partial charge in [0.05, 0.1) is 13.1 Å². The maximum Gasteiger partial charge on any atom is 0.347 e. The molecule has 0 saturated carbocycles. The van der Waals surface area contributed by atoms with E-state index in [0.717, 1.165) is 4.90 Å². The van der Waals surface area contributed by atoms with E-state index in [1.54, 1.807) is 12.1 Å². The van der Waals surface area contributed by atoms with E-state index in [9.17, 15) is 29.7 Å². The molecule has 1 aromatic carbocycles. The van der Waals surface area contributed by atoms with Crippen LogP contribution in [0.2, 0.25) is 0 Å². The second-order valence-electron chi connectivity index (χ2n) is 13.7. The normalized spacial score (nSPS) is 28.7. The van der Waals surface area contributed by atoms with Crippen LogP contribution >= 0.6 is 0 Å². The van der Waals surface area contributed by atoms with Gasteiger partial charge in [-0.3, -0.25) is 41.1 Å². The molecule has 4 aliphatic heterocycles. The van der Waals surface area contributed by atoms with Crippen LogP contribution < -0.4 is 32.4 Å². The number of carbonyl (C=O) groups excluding carboxylic acids is 3. The number of nitrogens with two attached hydrogens (primary N) is 2. The van der Waals surface area contributed by atoms with Gasteiger partial charge in [-0.05, 0) is 23.0 Å². The summed E-state index contributed by atoms with van der Waals surface area (Å²) in [4.78, 5) is 42.6. The minimum absolute atomic E-state index is 0.0354. The van der Waals surface area contributed by atoms with Crippen molar-refractivity contribution in [1.29, 1.82) is 0 Å². The highest BCUT2D eigenvalue weighted by Gasteiger charge is 2.78. The number of phenols is 1. The monoisotopic (exact) mass is 586 g/mol. The fourth-order valence-corrected chi connectivity index (χ4v) is 6.57. The molecule has 0 aromatic heterocycles. The maximum absolute atomic E-state index is 13.7. The quantitative estimate of drug-likeness (QED) is 0.0954. The zero-order valence-electron chi connectivity index (χ0n) is 24.8. The van der Waals surface area contributed by atoms with E-state index in [0.29, 0.717) is 11.1 Å². The topological polar surface area (TPSA) is 220 Å². The Kier molecular flexibility index (Phi) is 6.55. The summed E-state index contributed by atoms with van der Waals surface area (Å²) in [5, 5.41) is 43.4. The SMILES string of the molecule is CC(C)(C)c1cc(C(=O)NC2C[N+]3=C(N)N[C@@H](CN4C(=O)CCC4=O)[C@@H]4[NH+]=C(N)N[C@@]43C2(O)O)cc(C(C)(C)C)c1O. The Labute approximate surface area is 243 Å². The molecule has 42 heavy (non-hydrogen) atoms. The van der Waals surface area contributed by atoms with E-state index in [4.69, 9.17) is 11.5 Å². The molecule has 4 heterocycles. The molecule has 0 radical (unpaired) electrons. The molecule has 5 rings (SSSR count). The molecule has 0 bridgehead atoms. The molecule has 0 aliphatic carbocycles. The summed E-state index contributed by atoms with van der Waals surface area (Å²) in [5.41, 5.74) is 11.2. The van der Waals surface area contributed by atoms with Crippen LogP contribution in [0.5, 0.6) is 5.75 Å². The molecule has 2 saturated heterocycles. The first-order chi connectivity index (χ1) is 19.3. The van der Waals surface area contributed by atoms with E-state index in [-0.39, 0.29) is 61.0 Å². The highest BCUT2D eigenvalue weighted by atomic mass is 16.5. The van der Waals surface area contributed by atoms with Crippen molar-refractivity contribution in [3.8, 4) is 5.75 Å². The predicted molar refractivity (Wildman–Crippen MR) is 151 cm³/mol. The zero-order valence-corrected chi connectivity index (χ0v) is 24.8. The number of nitrogens with one attached hydrogen (secondary N) is 4. The summed E-state index contributed by atoms with van der Waals surface area (Å²) in [6, 6.07) is 0.351. The van der Waals surface area contributed by atoms with Gasteiger partial charge in [-0.15, -0.1) is 0 Å². The minimum Gasteiger partial charge on any atom is -0.507 e. The van der Waals surface area contributed by atoms with Crippen LogP contribution in [0.4, 0.5) is 0 Å². The smallest absolute Gasteiger partial charge is 0.347 e. The van der Waals surface area contributed by atoms with Crippen molar-refractivity contribution in [3.63, 3.8) is 0 Å². The number of hydrogen-bond donors (Lipinski definition) is 9. The third-order valence-electron chi connectivity index (χ3n) is 8.78. The van der Waals surface area contributed by atoms with Crippen molar-refractivity contribution in [2.24, 2.45) is 11.5 Å². The van der Waals surface area contributed by atoms with Crippen molar-refractivity contribution in [1.82, 2.24) is 20.9 Å². The Bertz CT molecular complexity index is 1390. The standard InChI is InChI=1S/C28H40N8O6/c1-25(2,3)14-9-13(10-15(20(14)39)26(4,5)6)22(40)32-17-12-36-24(30)31-16(11-35-18(37)7-8-19(35)38)21-27(36,28(17,41)42)34-23(29)33-21/h9-10,16-17,21,41-42H,7-8,11-12H2,1-6H3,(H7,29,30,31,32,33,34,39,40)/p+2/t16-,17?,21-,27-/m0/s1. The van der Waals surface area contributed by atoms with Gasteiger partial charge in [0.1, 0.15) is 17.8 Å². The lowest BCUT2D eigenvalue weighted by atomic mass is 9.78. The third kappa shape index (κ3) is 4.35. The van der Waals surface area contributed by atoms with Crippen LogP contribution in [0, 0.1) is 0 Å². The van der Waals surface area contributed by atoms with Gasteiger partial charge in [-0.1, -0.05) is 41.5 Å². The number of amides is 3. The van der Waals surface area contributed by atoms with Crippen LogP contribution in [0.1, 0.15) is 75.9 Å². The first kappa shape index (κ1) is 29.6. The average Bonchev–Trinajstić information content (AvgIpc) is 3.45. The van der Waals surface area contributed by atoms with Gasteiger partial charge in [0.25, 0.3) is 17.4 Å². The number of carbonyl (C=O) groups is 3. The van der Waals surface area contributed by atoms with Crippen LogP contribution in [0.15, 0.2) is 12.1 Å². The maximum atomic E-state index is 13.7. The molecule has 4 aliphatic rings. The fourth-order valence-electron chi connectivity index (χ4n) is 6.57. The number of phenolic OH excluding ortho intramolecular Hbond substituents is 1. The summed E-state index contributed by atoms with van der Waals surface area (Å²) in [5.74, 6) is -3.65. The number of nitrogens with zero attached hydrogens (tertiary/aromatic N) is 2. The highest BCUT2D eigenvalue weighted by molar-refractivity contribution is 6.02. The summed E-state index contributed by atoms with van der Waals surface area (Å²) in [7, 11) is 0. The van der Waals surface area contributed by atoms with Crippen molar-refractivity contribution < 1.29 is 39.3 Å². The number of guanidine groups is 2. The van der Waals surface area contributed by atoms with E-state index in [1.807, 2.05) is 41.5 Å². The van der Waals surface area contributed by atoms with Crippen molar-refractivity contribution in [2.45, 2.75) is 94.8 Å². The fraction of sp³-hybridized carbons (Fsp3) is 0.607. The van der Waals surface area contributed by atoms with Gasteiger partial charge in [-0.2, -0.15) is 0 Å². The Hall–Kier alpha value is -3.91. The third-order valence-corrected chi connectivity index (χ3v) is 8.78. The molecule has 4 atom stereocenters. The van der Waals surface area contributed by atoms with Gasteiger partial charge in [0.2, 0.25) is 11.8 Å². The molecule has 2 fully saturated rings. The highest BCUT2D eigenvalue weighted by Crippen LogP contribution is 2.41. The second-order valence-corrected chi connectivity index (χ2v) is 13.7. The Balaban J connectivity index is 1.50. The number of imide groups is 1. The lowest BCUT2D eigenvalue weighted by molar-refractivity contribution is -0.674. The number of aromatic hydroxyl groups is 1. The van der Waals surface area contributed by atoms with Crippen LogP contribution in [0.25, 0.3) is 0 Å². The minimum atomic E-state index is -2.64. The van der Waals surface area contributed by atoms with E-state index in [1.165, 1.54) is 4.58 Å². The second kappa shape index (κ2) is 9.30. The molecule has 14 heteroatoms. The van der Waals surface area contributed by atoms with Gasteiger partial charge < -0.3 is 20.6 Å². The van der Waals surface area contributed by atoms with E-state index in [2.05, 4.69) is 20.9 Å². The van der Waals surface area contributed by atoms with Gasteiger partial charge in [-0.25, -0.2) is 9.89 Å². The number of benzene rings is 1. The van der Waals surface area contributed by atoms with Crippen LogP contribution in [-0.4, -0.2) is 97.1 Å². The van der Waals surface area contributed by atoms with Crippen LogP contribution in [0.3, 0.4) is 0 Å². The number of likely N-dealkylation sites (tertiary alicyclic amines) is 1. The molecule has 1 spiro atoms. The van der Waals surface area contributed by atoms with E-state index < -0.39 is 46.3 Å². The summed E-state index contributed by atoms with van der Waals surface area (Å²) < 4.78 is 1.48. The Morgan fingerprint density at radius 1 is 1.10 bits per heavy atom. The van der Waals surface area contributed by atoms with Gasteiger partial charge in [0.15, 0.2) is 6.04 Å². The van der Waals surface area contributed by atoms with Gasteiger partial charge >= 0.3 is 11.9 Å². The van der Waals surface area contributed by atoms with Crippen molar-refractivity contribution in [2.75, 3.05) is 13.1 Å². The number of aliphatic hydroxyl groups is 2. The van der Waals surface area contributed by atoms with Crippen LogP contribution in [-0.2, 0) is 20.4 Å². The Morgan fingerprint density at radius 2 is 1.64 bits per heavy atom. The molecule has 14 nitrogen and oxygen atoms in total. The molecule has 1 unspecified atom stereocenters. The van der Waals surface area contributed by atoms with E-state index >= 15 is 0 Å². The lowest BCUT2D eigenvalue weighted by Gasteiger charge is -2.41. The van der Waals surface area contributed by atoms with Crippen molar-refractivity contribution >= 4 is 29.6 Å². The molecular formula is C28H42N8O6+2. The zero-order chi connectivity index (χ0) is 31.2. The van der Waals surface area contributed by atoms with Crippen molar-refractivity contribution in [3.05, 3.63) is 28.8 Å². The first-order valence-corrected chi connectivity index (χ1v) is 14.1. The van der Waals surface area contributed by atoms with Gasteiger partial charge in [0, 0.05) is 29.5 Å². The summed E-state index contributed by atoms with van der Waals surface area (Å²) in [6.45, 7) is 11.4. The summed E-state index contributed by atoms with van der Waals surface area (Å²) >= 11 is 0. The lowest BCUT2D eigenvalue weighted by Crippen LogP contribution is -2.92. The summed E-state index contributed by atoms with van der Waals surface area (Å²) in [6.07, 6.45) is 0.214. The average molecular weight is 587 g/mol. The molecule has 11 N–H and O–H groups in total.